The maximum absolute atomic E-state index is 12.2. The Morgan fingerprint density at radius 3 is 2.23 bits per heavy atom. The molecule has 1 heterocycles. The lowest BCUT2D eigenvalue weighted by Crippen LogP contribution is -2.50. The Kier molecular flexibility index (Phi) is 8.42. The third-order valence-corrected chi connectivity index (χ3v) is 4.02. The van der Waals surface area contributed by atoms with E-state index in [1.54, 1.807) is 13.8 Å². The fourth-order valence-electron chi connectivity index (χ4n) is 2.27. The van der Waals surface area contributed by atoms with Crippen molar-refractivity contribution < 1.29 is 14.3 Å². The highest BCUT2D eigenvalue weighted by Gasteiger charge is 2.35. The molecule has 1 aliphatic heterocycles. The average Bonchev–Trinajstić information content (AvgIpc) is 2.52. The second kappa shape index (κ2) is 9.79. The molecular formula is C16H31N3O3. The van der Waals surface area contributed by atoms with Crippen LogP contribution < -0.4 is 10.6 Å². The summed E-state index contributed by atoms with van der Waals surface area (Å²) in [7, 11) is 0. The molecule has 1 aliphatic rings. The van der Waals surface area contributed by atoms with Gasteiger partial charge in [-0.2, -0.15) is 0 Å². The fourth-order valence-corrected chi connectivity index (χ4v) is 2.27. The van der Waals surface area contributed by atoms with Crippen LogP contribution in [0.15, 0.2) is 0 Å². The lowest BCUT2D eigenvalue weighted by molar-refractivity contribution is -0.141. The number of carbonyl (C=O) groups is 2. The molecule has 0 unspecified atom stereocenters. The maximum Gasteiger partial charge on any atom is 0.235 e. The van der Waals surface area contributed by atoms with Crippen LogP contribution in [-0.2, 0) is 14.3 Å². The molecule has 2 amide bonds. The van der Waals surface area contributed by atoms with Gasteiger partial charge in [0.2, 0.25) is 11.8 Å². The zero-order chi connectivity index (χ0) is 16.4. The predicted molar refractivity (Wildman–Crippen MR) is 86.6 cm³/mol. The average molecular weight is 313 g/mol. The van der Waals surface area contributed by atoms with Gasteiger partial charge in [0, 0.05) is 32.7 Å². The summed E-state index contributed by atoms with van der Waals surface area (Å²) >= 11 is 0. The number of rotatable bonds is 9. The summed E-state index contributed by atoms with van der Waals surface area (Å²) in [5.41, 5.74) is -1.03. The Labute approximate surface area is 134 Å². The van der Waals surface area contributed by atoms with E-state index in [1.807, 2.05) is 0 Å². The number of hydrogen-bond acceptors (Lipinski definition) is 4. The van der Waals surface area contributed by atoms with Crippen molar-refractivity contribution in [2.75, 3.05) is 45.9 Å². The largest absolute Gasteiger partial charge is 0.379 e. The molecule has 0 bridgehead atoms. The number of amides is 2. The van der Waals surface area contributed by atoms with E-state index in [0.717, 1.165) is 52.1 Å². The highest BCUT2D eigenvalue weighted by Crippen LogP contribution is 2.15. The van der Waals surface area contributed by atoms with Crippen LogP contribution in [0.4, 0.5) is 0 Å². The Bertz CT molecular complexity index is 353. The van der Waals surface area contributed by atoms with Crippen LogP contribution >= 0.6 is 0 Å². The zero-order valence-corrected chi connectivity index (χ0v) is 14.2. The van der Waals surface area contributed by atoms with Crippen molar-refractivity contribution in [1.82, 2.24) is 15.5 Å². The minimum atomic E-state index is -1.03. The summed E-state index contributed by atoms with van der Waals surface area (Å²) in [6.45, 7) is 10.8. The fraction of sp³-hybridized carbons (Fsp3) is 0.875. The second-order valence-corrected chi connectivity index (χ2v) is 6.30. The molecule has 0 aromatic rings. The summed E-state index contributed by atoms with van der Waals surface area (Å²) in [5, 5.41) is 5.72. The van der Waals surface area contributed by atoms with Gasteiger partial charge in [0.05, 0.1) is 13.2 Å². The van der Waals surface area contributed by atoms with E-state index in [-0.39, 0.29) is 11.8 Å². The van der Waals surface area contributed by atoms with Crippen LogP contribution in [0.25, 0.3) is 0 Å². The first-order valence-electron chi connectivity index (χ1n) is 8.35. The summed E-state index contributed by atoms with van der Waals surface area (Å²) < 4.78 is 5.29. The number of unbranched alkanes of at least 4 members (excludes halogenated alkanes) is 2. The molecule has 6 nitrogen and oxygen atoms in total. The lowest BCUT2D eigenvalue weighted by atomic mass is 9.91. The molecule has 1 fully saturated rings. The molecule has 0 radical (unpaired) electrons. The van der Waals surface area contributed by atoms with Gasteiger partial charge in [0.15, 0.2) is 0 Å². The standard InChI is InChI=1S/C16H31N3O3/c1-4-5-6-7-17-14(20)16(2,3)15(21)18-8-9-19-10-12-22-13-11-19/h4-13H2,1-3H3,(H,17,20)(H,18,21). The van der Waals surface area contributed by atoms with Gasteiger partial charge in [-0.25, -0.2) is 0 Å². The summed E-state index contributed by atoms with van der Waals surface area (Å²) in [6, 6.07) is 0. The Balaban J connectivity index is 2.26. The molecule has 128 valence electrons. The van der Waals surface area contributed by atoms with Crippen molar-refractivity contribution in [2.45, 2.75) is 40.0 Å². The molecular weight excluding hydrogens is 282 g/mol. The van der Waals surface area contributed by atoms with Gasteiger partial charge in [-0.3, -0.25) is 14.5 Å². The number of morpholine rings is 1. The molecule has 0 aromatic carbocycles. The Morgan fingerprint density at radius 1 is 1.05 bits per heavy atom. The van der Waals surface area contributed by atoms with Crippen molar-refractivity contribution in [2.24, 2.45) is 5.41 Å². The van der Waals surface area contributed by atoms with E-state index in [2.05, 4.69) is 22.5 Å². The van der Waals surface area contributed by atoms with Crippen LogP contribution in [-0.4, -0.2) is 62.7 Å². The van der Waals surface area contributed by atoms with Gasteiger partial charge >= 0.3 is 0 Å². The van der Waals surface area contributed by atoms with Crippen LogP contribution in [0.3, 0.4) is 0 Å². The number of carbonyl (C=O) groups excluding carboxylic acids is 2. The summed E-state index contributed by atoms with van der Waals surface area (Å²) in [6.07, 6.45) is 3.16. The van der Waals surface area contributed by atoms with Crippen LogP contribution in [0.5, 0.6) is 0 Å². The molecule has 0 spiro atoms. The Hall–Kier alpha value is -1.14. The minimum Gasteiger partial charge on any atom is -0.379 e. The normalized spacial score (nSPS) is 16.3. The van der Waals surface area contributed by atoms with Gasteiger partial charge < -0.3 is 15.4 Å². The van der Waals surface area contributed by atoms with E-state index in [0.29, 0.717) is 13.1 Å². The third kappa shape index (κ3) is 6.32. The van der Waals surface area contributed by atoms with E-state index in [1.165, 1.54) is 0 Å². The third-order valence-electron chi connectivity index (χ3n) is 4.02. The zero-order valence-electron chi connectivity index (χ0n) is 14.2. The van der Waals surface area contributed by atoms with Gasteiger partial charge in [0.1, 0.15) is 5.41 Å². The Morgan fingerprint density at radius 2 is 1.64 bits per heavy atom. The van der Waals surface area contributed by atoms with E-state index in [4.69, 9.17) is 4.74 Å². The SMILES string of the molecule is CCCCCNC(=O)C(C)(C)C(=O)NCCN1CCOCC1. The highest BCUT2D eigenvalue weighted by atomic mass is 16.5. The van der Waals surface area contributed by atoms with Crippen molar-refractivity contribution in [3.8, 4) is 0 Å². The van der Waals surface area contributed by atoms with Crippen molar-refractivity contribution >= 4 is 11.8 Å². The lowest BCUT2D eigenvalue weighted by Gasteiger charge is -2.27. The topological polar surface area (TPSA) is 70.7 Å². The maximum atomic E-state index is 12.2. The molecule has 6 heteroatoms. The van der Waals surface area contributed by atoms with Gasteiger partial charge in [-0.1, -0.05) is 19.8 Å². The van der Waals surface area contributed by atoms with Crippen molar-refractivity contribution in [3.05, 3.63) is 0 Å². The van der Waals surface area contributed by atoms with E-state index >= 15 is 0 Å². The van der Waals surface area contributed by atoms with Gasteiger partial charge in [-0.15, -0.1) is 0 Å². The molecule has 0 aliphatic carbocycles. The van der Waals surface area contributed by atoms with Gasteiger partial charge in [0.25, 0.3) is 0 Å². The van der Waals surface area contributed by atoms with E-state index < -0.39 is 5.41 Å². The molecule has 0 aromatic heterocycles. The number of nitrogens with zero attached hydrogens (tertiary/aromatic N) is 1. The van der Waals surface area contributed by atoms with Gasteiger partial charge in [-0.05, 0) is 20.3 Å². The predicted octanol–water partition coefficient (Wildman–Crippen LogP) is 0.767. The van der Waals surface area contributed by atoms with E-state index in [9.17, 15) is 9.59 Å². The van der Waals surface area contributed by atoms with Crippen molar-refractivity contribution in [1.29, 1.82) is 0 Å². The van der Waals surface area contributed by atoms with Crippen LogP contribution in [0, 0.1) is 5.41 Å². The second-order valence-electron chi connectivity index (χ2n) is 6.30. The minimum absolute atomic E-state index is 0.201. The monoisotopic (exact) mass is 313 g/mol. The highest BCUT2D eigenvalue weighted by molar-refractivity contribution is 6.04. The quantitative estimate of drug-likeness (QED) is 0.487. The smallest absolute Gasteiger partial charge is 0.235 e. The summed E-state index contributed by atoms with van der Waals surface area (Å²) in [5.74, 6) is -0.416. The number of ether oxygens (including phenoxy) is 1. The molecule has 22 heavy (non-hydrogen) atoms. The molecule has 0 atom stereocenters. The first-order chi connectivity index (χ1) is 10.5. The number of nitrogens with one attached hydrogen (secondary N) is 2. The summed E-state index contributed by atoms with van der Waals surface area (Å²) in [4.78, 5) is 26.6. The molecule has 1 rings (SSSR count). The van der Waals surface area contributed by atoms with Crippen molar-refractivity contribution in [3.63, 3.8) is 0 Å². The molecule has 1 saturated heterocycles. The molecule has 0 saturated carbocycles. The first-order valence-corrected chi connectivity index (χ1v) is 8.35. The first kappa shape index (κ1) is 18.9. The molecule has 2 N–H and O–H groups in total. The van der Waals surface area contributed by atoms with Crippen LogP contribution in [0.2, 0.25) is 0 Å². The number of hydrogen-bond donors (Lipinski definition) is 2. The van der Waals surface area contributed by atoms with Crippen LogP contribution in [0.1, 0.15) is 40.0 Å².